The van der Waals surface area contributed by atoms with Crippen molar-refractivity contribution in [1.29, 1.82) is 0 Å². The first-order valence-electron chi connectivity index (χ1n) is 8.87. The van der Waals surface area contributed by atoms with E-state index in [2.05, 4.69) is 30.9 Å². The summed E-state index contributed by atoms with van der Waals surface area (Å²) in [6.07, 6.45) is -0.318. The predicted molar refractivity (Wildman–Crippen MR) is 103 cm³/mol. The number of hydrogen-bond donors (Lipinski definition) is 3. The van der Waals surface area contributed by atoms with Crippen LogP contribution in [0.1, 0.15) is 18.4 Å². The minimum absolute atomic E-state index is 0.0221. The van der Waals surface area contributed by atoms with Gasteiger partial charge in [-0.3, -0.25) is 9.79 Å². The van der Waals surface area contributed by atoms with Crippen molar-refractivity contribution in [2.45, 2.75) is 19.2 Å². The normalized spacial score (nSPS) is 19.6. The van der Waals surface area contributed by atoms with Gasteiger partial charge in [0.25, 0.3) is 0 Å². The Kier molecular flexibility index (Phi) is 6.07. The van der Waals surface area contributed by atoms with Crippen LogP contribution in [0.5, 0.6) is 5.75 Å². The fourth-order valence-electron chi connectivity index (χ4n) is 2.82. The number of nitrogens with two attached hydrogens (primary N) is 1. The summed E-state index contributed by atoms with van der Waals surface area (Å²) >= 11 is 0. The number of benzene rings is 1. The van der Waals surface area contributed by atoms with Crippen LogP contribution in [-0.2, 0) is 4.79 Å². The van der Waals surface area contributed by atoms with Gasteiger partial charge < -0.3 is 15.8 Å². The molecule has 0 bridgehead atoms. The van der Waals surface area contributed by atoms with E-state index in [1.165, 1.54) is 18.2 Å². The largest absolute Gasteiger partial charge is 0.573 e. The van der Waals surface area contributed by atoms with Crippen molar-refractivity contribution in [3.8, 4) is 5.75 Å². The number of nitrogens with zero attached hydrogens (tertiary/aromatic N) is 2. The van der Waals surface area contributed by atoms with Crippen molar-refractivity contribution in [2.75, 3.05) is 13.1 Å². The zero-order valence-corrected chi connectivity index (χ0v) is 15.3. The van der Waals surface area contributed by atoms with Crippen molar-refractivity contribution in [3.63, 3.8) is 0 Å². The molecule has 4 N–H and O–H groups in total. The predicted octanol–water partition coefficient (Wildman–Crippen LogP) is 1.10. The average Bonchev–Trinajstić information content (AvgIpc) is 3.13. The summed E-state index contributed by atoms with van der Waals surface area (Å²) in [6.45, 7) is 1.11. The van der Waals surface area contributed by atoms with E-state index < -0.39 is 6.36 Å². The Morgan fingerprint density at radius 1 is 1.45 bits per heavy atom. The molecule has 2 aliphatic heterocycles. The van der Waals surface area contributed by atoms with Crippen LogP contribution >= 0.6 is 0 Å². The third kappa shape index (κ3) is 6.27. The Bertz CT molecular complexity index is 955. The number of alkyl halides is 3. The summed E-state index contributed by atoms with van der Waals surface area (Å²) in [5.74, 6) is 3.27. The summed E-state index contributed by atoms with van der Waals surface area (Å²) in [6, 6.07) is 5.50. The van der Waals surface area contributed by atoms with Gasteiger partial charge in [0.15, 0.2) is 0 Å². The molecular formula is C19H19F3N5O2+. The first-order chi connectivity index (χ1) is 13.8. The van der Waals surface area contributed by atoms with E-state index >= 15 is 0 Å². The molecule has 0 saturated carbocycles. The van der Waals surface area contributed by atoms with Gasteiger partial charge >= 0.3 is 12.2 Å². The molecule has 7 nitrogen and oxygen atoms in total. The highest BCUT2D eigenvalue weighted by atomic mass is 19.4. The van der Waals surface area contributed by atoms with Gasteiger partial charge in [0, 0.05) is 31.1 Å². The van der Waals surface area contributed by atoms with Gasteiger partial charge in [0.1, 0.15) is 11.6 Å². The Hall–Kier alpha value is -3.48. The zero-order chi connectivity index (χ0) is 20.9. The highest BCUT2D eigenvalue weighted by Crippen LogP contribution is 2.24. The molecule has 1 aromatic rings. The van der Waals surface area contributed by atoms with Crippen molar-refractivity contribution in [3.05, 3.63) is 42.0 Å². The molecule has 1 fully saturated rings. The Labute approximate surface area is 164 Å². The number of piperidine rings is 1. The maximum Gasteiger partial charge on any atom is 0.573 e. The zero-order valence-electron chi connectivity index (χ0n) is 15.3. The lowest BCUT2D eigenvalue weighted by molar-refractivity contribution is -0.274. The molecule has 2 aliphatic rings. The number of halogens is 3. The highest BCUT2D eigenvalue weighted by molar-refractivity contribution is 6.11. The lowest BCUT2D eigenvalue weighted by Gasteiger charge is -2.20. The van der Waals surface area contributed by atoms with Crippen LogP contribution in [0.15, 0.2) is 41.4 Å². The van der Waals surface area contributed by atoms with Gasteiger partial charge in [-0.1, -0.05) is 6.07 Å². The number of aliphatic imine (C=N–C) groups is 1. The Morgan fingerprint density at radius 3 is 3.03 bits per heavy atom. The minimum atomic E-state index is -4.76. The SMILES string of the molecule is NC(/C=C\C1=[N+]=C=C(c2cccc(OC(F)(F)F)c2)N1)=NCC1CCNC(=O)C1. The van der Waals surface area contributed by atoms with Crippen LogP contribution in [0.2, 0.25) is 0 Å². The third-order valence-electron chi connectivity index (χ3n) is 4.19. The molecule has 10 heteroatoms. The molecule has 1 aromatic carbocycles. The van der Waals surface area contributed by atoms with E-state index in [4.69, 9.17) is 5.73 Å². The molecule has 1 amide bonds. The number of nitrogens with one attached hydrogen (secondary N) is 2. The second kappa shape index (κ2) is 8.68. The van der Waals surface area contributed by atoms with Crippen molar-refractivity contribution in [1.82, 2.24) is 15.3 Å². The molecular weight excluding hydrogens is 387 g/mol. The summed E-state index contributed by atoms with van der Waals surface area (Å²) in [5.41, 5.74) is 6.70. The van der Waals surface area contributed by atoms with Crippen molar-refractivity contribution < 1.29 is 22.7 Å². The molecule has 1 saturated heterocycles. The monoisotopic (exact) mass is 406 g/mol. The van der Waals surface area contributed by atoms with Gasteiger partial charge in [0.2, 0.25) is 17.5 Å². The number of amides is 1. The topological polar surface area (TPSA) is 103 Å². The Morgan fingerprint density at radius 2 is 2.28 bits per heavy atom. The smallest absolute Gasteiger partial charge is 0.406 e. The fourth-order valence-corrected chi connectivity index (χ4v) is 2.82. The molecule has 152 valence electrons. The molecule has 29 heavy (non-hydrogen) atoms. The molecule has 0 spiro atoms. The van der Waals surface area contributed by atoms with E-state index in [0.29, 0.717) is 36.6 Å². The maximum atomic E-state index is 12.4. The second-order valence-electron chi connectivity index (χ2n) is 6.49. The number of amidine groups is 2. The van der Waals surface area contributed by atoms with Gasteiger partial charge in [-0.05, 0) is 36.6 Å². The van der Waals surface area contributed by atoms with Gasteiger partial charge in [-0.25, -0.2) is 5.32 Å². The first-order valence-corrected chi connectivity index (χ1v) is 8.87. The number of rotatable bonds is 6. The van der Waals surface area contributed by atoms with Crippen molar-refractivity contribution >= 4 is 29.1 Å². The lowest BCUT2D eigenvalue weighted by atomic mass is 9.98. The maximum absolute atomic E-state index is 12.4. The summed E-state index contributed by atoms with van der Waals surface area (Å²) in [7, 11) is 0. The average molecular weight is 406 g/mol. The molecule has 3 rings (SSSR count). The summed E-state index contributed by atoms with van der Waals surface area (Å²) < 4.78 is 45.0. The fraction of sp³-hybridized carbons (Fsp3) is 0.316. The lowest BCUT2D eigenvalue weighted by Crippen LogP contribution is -2.34. The molecule has 0 radical (unpaired) electrons. The standard InChI is InChI=1S/C19H18F3N5O2/c20-19(21,22)29-14-3-1-2-13(9-14)15-11-26-17(27-15)5-4-16(23)25-10-12-6-7-24-18(28)8-12/h1-5,9,12H,6-8,10H2,(H3,23,24,25,28)/p+1/b5-4-. The van der Waals surface area contributed by atoms with Crippen LogP contribution in [0.4, 0.5) is 13.2 Å². The summed E-state index contributed by atoms with van der Waals surface area (Å²) in [4.78, 5) is 15.6. The number of carbonyl (C=O) groups is 1. The first kappa shape index (κ1) is 20.3. The van der Waals surface area contributed by atoms with Crippen LogP contribution in [0.3, 0.4) is 0 Å². The van der Waals surface area contributed by atoms with Gasteiger partial charge in [-0.2, -0.15) is 0 Å². The highest BCUT2D eigenvalue weighted by Gasteiger charge is 2.31. The molecule has 0 aromatic heterocycles. The van der Waals surface area contributed by atoms with Crippen LogP contribution in [-0.4, -0.2) is 42.9 Å². The molecule has 1 unspecified atom stereocenters. The number of hydrogen-bond acceptors (Lipinski definition) is 4. The van der Waals surface area contributed by atoms with E-state index in [1.54, 1.807) is 18.2 Å². The Balaban J connectivity index is 1.60. The molecule has 2 heterocycles. The van der Waals surface area contributed by atoms with E-state index in [-0.39, 0.29) is 23.4 Å². The summed E-state index contributed by atoms with van der Waals surface area (Å²) in [5, 5.41) is 5.70. The van der Waals surface area contributed by atoms with Gasteiger partial charge in [0.05, 0.1) is 0 Å². The second-order valence-corrected chi connectivity index (χ2v) is 6.49. The van der Waals surface area contributed by atoms with E-state index in [0.717, 1.165) is 6.42 Å². The van der Waals surface area contributed by atoms with E-state index in [9.17, 15) is 18.0 Å². The van der Waals surface area contributed by atoms with Crippen LogP contribution in [0.25, 0.3) is 5.70 Å². The van der Waals surface area contributed by atoms with E-state index in [1.807, 2.05) is 0 Å². The number of carbonyl (C=O) groups excluding carboxylic acids is 1. The quantitative estimate of drug-likeness (QED) is 0.374. The van der Waals surface area contributed by atoms with Crippen molar-refractivity contribution in [2.24, 2.45) is 16.6 Å². The minimum Gasteiger partial charge on any atom is -0.406 e. The number of ether oxygens (including phenoxy) is 1. The van der Waals surface area contributed by atoms with Crippen LogP contribution in [0, 0.1) is 5.92 Å². The molecule has 1 atom stereocenters. The molecule has 0 aliphatic carbocycles. The van der Waals surface area contributed by atoms with Crippen LogP contribution < -0.4 is 25.8 Å². The van der Waals surface area contributed by atoms with Gasteiger partial charge in [-0.15, -0.1) is 17.8 Å². The third-order valence-corrected chi connectivity index (χ3v) is 4.19.